The Kier molecular flexibility index (Phi) is 6.98. The van der Waals surface area contributed by atoms with E-state index < -0.39 is 17.9 Å². The van der Waals surface area contributed by atoms with Gasteiger partial charge < -0.3 is 14.4 Å². The molecule has 4 rings (SSSR count). The summed E-state index contributed by atoms with van der Waals surface area (Å²) in [5.41, 5.74) is 1.76. The van der Waals surface area contributed by atoms with Crippen LogP contribution in [0.2, 0.25) is 0 Å². The first kappa shape index (κ1) is 23.1. The monoisotopic (exact) mass is 459 g/mol. The highest BCUT2D eigenvalue weighted by Crippen LogP contribution is 2.33. The second kappa shape index (κ2) is 10.3. The van der Waals surface area contributed by atoms with Crippen molar-refractivity contribution in [3.05, 3.63) is 72.3 Å². The number of nitrogens with zero attached hydrogens (tertiary/aromatic N) is 3. The lowest BCUT2D eigenvalue weighted by Gasteiger charge is -2.24. The number of hydrogen-bond acceptors (Lipinski definition) is 6. The predicted octanol–water partition coefficient (Wildman–Crippen LogP) is 2.83. The molecule has 0 aromatic heterocycles. The third kappa shape index (κ3) is 4.82. The standard InChI is InChI=1S/C26H25N3O5/c1-33-17-24(30)28-15-21(27-14-18-11-12-19-7-3-4-8-20(19)13-18)26(32)29(16-25(31)34-2)23-10-6-5-9-22(23)28/h3-14,21H,15-17H2,1-2H3/t21-/m0/s1. The van der Waals surface area contributed by atoms with Gasteiger partial charge in [-0.25, -0.2) is 0 Å². The quantitative estimate of drug-likeness (QED) is 0.418. The van der Waals surface area contributed by atoms with E-state index in [-0.39, 0.29) is 25.6 Å². The van der Waals surface area contributed by atoms with Crippen LogP contribution in [0.1, 0.15) is 5.56 Å². The van der Waals surface area contributed by atoms with E-state index in [4.69, 9.17) is 9.47 Å². The van der Waals surface area contributed by atoms with Gasteiger partial charge in [-0.2, -0.15) is 0 Å². The van der Waals surface area contributed by atoms with Crippen molar-refractivity contribution in [1.82, 2.24) is 0 Å². The average molecular weight is 460 g/mol. The van der Waals surface area contributed by atoms with Gasteiger partial charge in [-0.15, -0.1) is 0 Å². The lowest BCUT2D eigenvalue weighted by Crippen LogP contribution is -2.44. The maximum absolute atomic E-state index is 13.6. The van der Waals surface area contributed by atoms with Crippen molar-refractivity contribution >= 4 is 46.1 Å². The van der Waals surface area contributed by atoms with E-state index in [9.17, 15) is 14.4 Å². The molecule has 1 heterocycles. The van der Waals surface area contributed by atoms with E-state index in [1.165, 1.54) is 24.0 Å². The Hall–Kier alpha value is -4.04. The minimum atomic E-state index is -0.927. The van der Waals surface area contributed by atoms with E-state index in [0.29, 0.717) is 11.4 Å². The van der Waals surface area contributed by atoms with Crippen LogP contribution in [0.5, 0.6) is 0 Å². The number of rotatable bonds is 6. The van der Waals surface area contributed by atoms with Gasteiger partial charge in [0.2, 0.25) is 0 Å². The minimum Gasteiger partial charge on any atom is -0.468 e. The number of benzene rings is 3. The zero-order valence-electron chi connectivity index (χ0n) is 19.0. The molecule has 0 radical (unpaired) electrons. The Morgan fingerprint density at radius 1 is 1.00 bits per heavy atom. The van der Waals surface area contributed by atoms with Crippen LogP contribution in [0.25, 0.3) is 10.8 Å². The summed E-state index contributed by atoms with van der Waals surface area (Å²) in [4.78, 5) is 45.9. The maximum Gasteiger partial charge on any atom is 0.325 e. The van der Waals surface area contributed by atoms with Gasteiger partial charge in [0, 0.05) is 13.3 Å². The van der Waals surface area contributed by atoms with Crippen molar-refractivity contribution in [1.29, 1.82) is 0 Å². The average Bonchev–Trinajstić information content (AvgIpc) is 2.97. The summed E-state index contributed by atoms with van der Waals surface area (Å²) in [5, 5.41) is 2.15. The Morgan fingerprint density at radius 3 is 2.44 bits per heavy atom. The number of ether oxygens (including phenoxy) is 2. The summed E-state index contributed by atoms with van der Waals surface area (Å²) in [6.45, 7) is -0.429. The number of para-hydroxylation sites is 2. The maximum atomic E-state index is 13.6. The number of fused-ring (bicyclic) bond motifs is 2. The summed E-state index contributed by atoms with van der Waals surface area (Å²) in [6.07, 6.45) is 1.63. The second-order valence-electron chi connectivity index (χ2n) is 7.83. The molecule has 0 saturated heterocycles. The summed E-state index contributed by atoms with van der Waals surface area (Å²) >= 11 is 0. The fourth-order valence-corrected chi connectivity index (χ4v) is 3.94. The van der Waals surface area contributed by atoms with Crippen LogP contribution in [-0.4, -0.2) is 64.0 Å². The molecule has 8 heteroatoms. The van der Waals surface area contributed by atoms with Gasteiger partial charge in [-0.1, -0.05) is 48.5 Å². The molecule has 0 spiro atoms. The first-order chi connectivity index (χ1) is 16.5. The zero-order valence-corrected chi connectivity index (χ0v) is 19.0. The summed E-state index contributed by atoms with van der Waals surface area (Å²) in [7, 11) is 2.70. The predicted molar refractivity (Wildman–Crippen MR) is 130 cm³/mol. The Balaban J connectivity index is 1.73. The van der Waals surface area contributed by atoms with Crippen molar-refractivity contribution in [2.45, 2.75) is 6.04 Å². The highest BCUT2D eigenvalue weighted by Gasteiger charge is 2.36. The second-order valence-corrected chi connectivity index (χ2v) is 7.83. The lowest BCUT2D eigenvalue weighted by molar-refractivity contribution is -0.140. The molecule has 0 unspecified atom stereocenters. The van der Waals surface area contributed by atoms with Crippen LogP contribution in [0.4, 0.5) is 11.4 Å². The first-order valence-electron chi connectivity index (χ1n) is 10.8. The summed E-state index contributed by atoms with van der Waals surface area (Å²) in [6, 6.07) is 19.8. The topological polar surface area (TPSA) is 88.5 Å². The number of methoxy groups -OCH3 is 2. The molecular formula is C26H25N3O5. The molecule has 174 valence electrons. The van der Waals surface area contributed by atoms with Crippen LogP contribution in [0.15, 0.2) is 71.7 Å². The highest BCUT2D eigenvalue weighted by molar-refractivity contribution is 6.09. The third-order valence-electron chi connectivity index (χ3n) is 5.63. The molecule has 3 aromatic rings. The number of hydrogen-bond donors (Lipinski definition) is 0. The van der Waals surface area contributed by atoms with Crippen molar-refractivity contribution in [3.63, 3.8) is 0 Å². The fraction of sp³-hybridized carbons (Fsp3) is 0.231. The molecule has 0 aliphatic carbocycles. The molecule has 1 aliphatic rings. The van der Waals surface area contributed by atoms with Gasteiger partial charge >= 0.3 is 5.97 Å². The van der Waals surface area contributed by atoms with Crippen LogP contribution in [0, 0.1) is 0 Å². The minimum absolute atomic E-state index is 0.0137. The van der Waals surface area contributed by atoms with Crippen LogP contribution < -0.4 is 9.80 Å². The van der Waals surface area contributed by atoms with Crippen molar-refractivity contribution < 1.29 is 23.9 Å². The van der Waals surface area contributed by atoms with Crippen LogP contribution in [0.3, 0.4) is 0 Å². The van der Waals surface area contributed by atoms with Gasteiger partial charge in [0.25, 0.3) is 11.8 Å². The molecule has 0 fully saturated rings. The zero-order chi connectivity index (χ0) is 24.1. The van der Waals surface area contributed by atoms with Gasteiger partial charge in [-0.05, 0) is 34.5 Å². The smallest absolute Gasteiger partial charge is 0.325 e. The summed E-state index contributed by atoms with van der Waals surface area (Å²) < 4.78 is 9.86. The van der Waals surface area contributed by atoms with Crippen LogP contribution >= 0.6 is 0 Å². The largest absolute Gasteiger partial charge is 0.468 e. The van der Waals surface area contributed by atoms with Crippen LogP contribution in [-0.2, 0) is 23.9 Å². The number of esters is 1. The van der Waals surface area contributed by atoms with Crippen molar-refractivity contribution in [2.24, 2.45) is 4.99 Å². The van der Waals surface area contributed by atoms with Crippen molar-refractivity contribution in [3.8, 4) is 0 Å². The fourth-order valence-electron chi connectivity index (χ4n) is 3.94. The van der Waals surface area contributed by atoms with Gasteiger partial charge in [0.15, 0.2) is 0 Å². The van der Waals surface area contributed by atoms with Crippen molar-refractivity contribution in [2.75, 3.05) is 43.7 Å². The number of amides is 2. The van der Waals surface area contributed by atoms with Gasteiger partial charge in [0.05, 0.1) is 25.0 Å². The SMILES string of the molecule is COCC(=O)N1C[C@H](N=Cc2ccc3ccccc3c2)C(=O)N(CC(=O)OC)c2ccccc21. The lowest BCUT2D eigenvalue weighted by atomic mass is 10.1. The number of carbonyl (C=O) groups excluding carboxylic acids is 3. The molecule has 0 bridgehead atoms. The van der Waals surface area contributed by atoms with E-state index in [1.54, 1.807) is 30.5 Å². The molecule has 0 N–H and O–H groups in total. The van der Waals surface area contributed by atoms with E-state index in [1.807, 2.05) is 42.5 Å². The van der Waals surface area contributed by atoms with E-state index in [2.05, 4.69) is 4.99 Å². The number of aliphatic imine (C=N–C) groups is 1. The molecule has 0 saturated carbocycles. The normalized spacial score (nSPS) is 15.9. The highest BCUT2D eigenvalue weighted by atomic mass is 16.5. The van der Waals surface area contributed by atoms with E-state index >= 15 is 0 Å². The molecule has 2 amide bonds. The molecule has 3 aromatic carbocycles. The molecule has 1 atom stereocenters. The van der Waals surface area contributed by atoms with Gasteiger partial charge in [-0.3, -0.25) is 24.3 Å². The first-order valence-corrected chi connectivity index (χ1v) is 10.8. The Labute approximate surface area is 197 Å². The Morgan fingerprint density at radius 2 is 1.71 bits per heavy atom. The number of carbonyl (C=O) groups is 3. The molecular weight excluding hydrogens is 434 g/mol. The number of anilines is 2. The Bertz CT molecular complexity index is 1260. The third-order valence-corrected chi connectivity index (χ3v) is 5.63. The molecule has 1 aliphatic heterocycles. The van der Waals surface area contributed by atoms with Gasteiger partial charge in [0.1, 0.15) is 19.2 Å². The van der Waals surface area contributed by atoms with E-state index in [0.717, 1.165) is 16.3 Å². The summed E-state index contributed by atoms with van der Waals surface area (Å²) in [5.74, 6) is -1.28. The molecule has 34 heavy (non-hydrogen) atoms. The molecule has 8 nitrogen and oxygen atoms in total.